The first kappa shape index (κ1) is 13.7. The standard InChI is InChI=1S/C12H14F3N3O/c1-7(4-5-19)18-10-3-2-8(16)6-9(10)17-11(18)12(13,14)15/h2-3,6-7,19H,4-5,16H2,1H3/t7-/m1/s1. The molecule has 0 fully saturated rings. The van der Waals surface area contributed by atoms with Crippen LogP contribution in [-0.2, 0) is 6.18 Å². The van der Waals surface area contributed by atoms with E-state index in [0.717, 1.165) is 4.57 Å². The van der Waals surface area contributed by atoms with Crippen LogP contribution in [0, 0.1) is 0 Å². The summed E-state index contributed by atoms with van der Waals surface area (Å²) in [4.78, 5) is 3.62. The number of hydrogen-bond donors (Lipinski definition) is 2. The maximum absolute atomic E-state index is 13.0. The molecule has 0 unspecified atom stereocenters. The van der Waals surface area contributed by atoms with Crippen LogP contribution >= 0.6 is 0 Å². The van der Waals surface area contributed by atoms with E-state index in [2.05, 4.69) is 4.98 Å². The molecule has 2 aromatic rings. The third-order valence-electron chi connectivity index (χ3n) is 2.95. The van der Waals surface area contributed by atoms with Gasteiger partial charge in [0.2, 0.25) is 5.82 Å². The van der Waals surface area contributed by atoms with E-state index in [1.807, 2.05) is 0 Å². The SMILES string of the molecule is C[C@H](CCO)n1c(C(F)(F)F)nc2cc(N)ccc21. The summed E-state index contributed by atoms with van der Waals surface area (Å²) in [5.41, 5.74) is 6.49. The molecule has 0 spiro atoms. The molecule has 1 atom stereocenters. The minimum absolute atomic E-state index is 0.187. The molecule has 2 rings (SSSR count). The van der Waals surface area contributed by atoms with Crippen LogP contribution in [-0.4, -0.2) is 21.3 Å². The van der Waals surface area contributed by atoms with Crippen molar-refractivity contribution in [2.45, 2.75) is 25.6 Å². The average Bonchev–Trinajstić information content (AvgIpc) is 2.67. The summed E-state index contributed by atoms with van der Waals surface area (Å²) < 4.78 is 40.1. The molecule has 7 heteroatoms. The molecule has 0 radical (unpaired) electrons. The van der Waals surface area contributed by atoms with Crippen LogP contribution in [0.1, 0.15) is 25.2 Å². The number of imidazole rings is 1. The van der Waals surface area contributed by atoms with Gasteiger partial charge in [0.15, 0.2) is 0 Å². The van der Waals surface area contributed by atoms with Gasteiger partial charge in [0.1, 0.15) is 0 Å². The molecule has 4 nitrogen and oxygen atoms in total. The molecule has 19 heavy (non-hydrogen) atoms. The molecular weight excluding hydrogens is 259 g/mol. The Morgan fingerprint density at radius 2 is 2.11 bits per heavy atom. The summed E-state index contributed by atoms with van der Waals surface area (Å²) in [6, 6.07) is 3.95. The van der Waals surface area contributed by atoms with E-state index in [-0.39, 0.29) is 18.5 Å². The van der Waals surface area contributed by atoms with Crippen molar-refractivity contribution in [1.29, 1.82) is 0 Å². The zero-order chi connectivity index (χ0) is 14.2. The zero-order valence-electron chi connectivity index (χ0n) is 10.3. The van der Waals surface area contributed by atoms with Crippen LogP contribution in [0.2, 0.25) is 0 Å². The van der Waals surface area contributed by atoms with Gasteiger partial charge in [0.05, 0.1) is 11.0 Å². The van der Waals surface area contributed by atoms with Crippen molar-refractivity contribution in [3.8, 4) is 0 Å². The number of aliphatic hydroxyl groups is 1. The van der Waals surface area contributed by atoms with Gasteiger partial charge < -0.3 is 15.4 Å². The minimum atomic E-state index is -4.54. The molecule has 0 bridgehead atoms. The lowest BCUT2D eigenvalue weighted by Crippen LogP contribution is -2.18. The summed E-state index contributed by atoms with van der Waals surface area (Å²) in [6.07, 6.45) is -4.32. The van der Waals surface area contributed by atoms with Gasteiger partial charge in [-0.2, -0.15) is 13.2 Å². The molecule has 0 aliphatic rings. The second-order valence-corrected chi connectivity index (χ2v) is 4.41. The number of nitrogen functional groups attached to an aromatic ring is 1. The predicted octanol–water partition coefficient (Wildman–Crippen LogP) is 2.58. The number of aromatic nitrogens is 2. The van der Waals surface area contributed by atoms with Gasteiger partial charge in [-0.25, -0.2) is 4.98 Å². The number of alkyl halides is 3. The lowest BCUT2D eigenvalue weighted by molar-refractivity contribution is -0.147. The van der Waals surface area contributed by atoms with Crippen LogP contribution in [0.5, 0.6) is 0 Å². The second-order valence-electron chi connectivity index (χ2n) is 4.41. The Morgan fingerprint density at radius 3 is 2.68 bits per heavy atom. The number of hydrogen-bond acceptors (Lipinski definition) is 3. The molecule has 1 aromatic heterocycles. The number of anilines is 1. The largest absolute Gasteiger partial charge is 0.449 e. The van der Waals surface area contributed by atoms with Crippen LogP contribution in [0.15, 0.2) is 18.2 Å². The Labute approximate surface area is 107 Å². The van der Waals surface area contributed by atoms with Gasteiger partial charge in [-0.15, -0.1) is 0 Å². The molecule has 1 aromatic carbocycles. The number of benzene rings is 1. The van der Waals surface area contributed by atoms with Crippen molar-refractivity contribution in [2.24, 2.45) is 0 Å². The molecule has 3 N–H and O–H groups in total. The highest BCUT2D eigenvalue weighted by atomic mass is 19.4. The van der Waals surface area contributed by atoms with Gasteiger partial charge in [-0.05, 0) is 31.5 Å². The molecular formula is C12H14F3N3O. The van der Waals surface area contributed by atoms with E-state index in [4.69, 9.17) is 10.8 Å². The third-order valence-corrected chi connectivity index (χ3v) is 2.95. The van der Waals surface area contributed by atoms with Crippen molar-refractivity contribution in [2.75, 3.05) is 12.3 Å². The second kappa shape index (κ2) is 4.73. The van der Waals surface area contributed by atoms with Crippen LogP contribution in [0.4, 0.5) is 18.9 Å². The quantitative estimate of drug-likeness (QED) is 0.845. The Hall–Kier alpha value is -1.76. The van der Waals surface area contributed by atoms with E-state index in [9.17, 15) is 13.2 Å². The van der Waals surface area contributed by atoms with E-state index in [1.165, 1.54) is 18.2 Å². The number of nitrogens with zero attached hydrogens (tertiary/aromatic N) is 2. The fourth-order valence-electron chi connectivity index (χ4n) is 2.08. The summed E-state index contributed by atoms with van der Waals surface area (Å²) in [7, 11) is 0. The van der Waals surface area contributed by atoms with Crippen molar-refractivity contribution in [3.63, 3.8) is 0 Å². The van der Waals surface area contributed by atoms with Gasteiger partial charge in [0, 0.05) is 18.3 Å². The van der Waals surface area contributed by atoms with Crippen LogP contribution in [0.3, 0.4) is 0 Å². The summed E-state index contributed by atoms with van der Waals surface area (Å²) in [5.74, 6) is -0.964. The minimum Gasteiger partial charge on any atom is -0.399 e. The van der Waals surface area contributed by atoms with Crippen LogP contribution < -0.4 is 5.73 Å². The fourth-order valence-corrected chi connectivity index (χ4v) is 2.08. The fraction of sp³-hybridized carbons (Fsp3) is 0.417. The molecule has 0 saturated carbocycles. The summed E-state index contributed by atoms with van der Waals surface area (Å²) in [5, 5.41) is 8.91. The number of aliphatic hydroxyl groups excluding tert-OH is 1. The topological polar surface area (TPSA) is 64.1 Å². The Morgan fingerprint density at radius 1 is 1.42 bits per heavy atom. The van der Waals surface area contributed by atoms with Crippen molar-refractivity contribution in [3.05, 3.63) is 24.0 Å². The average molecular weight is 273 g/mol. The smallest absolute Gasteiger partial charge is 0.399 e. The van der Waals surface area contributed by atoms with Crippen molar-refractivity contribution in [1.82, 2.24) is 9.55 Å². The monoisotopic (exact) mass is 273 g/mol. The number of fused-ring (bicyclic) bond motifs is 1. The Bertz CT molecular complexity index is 592. The highest BCUT2D eigenvalue weighted by Gasteiger charge is 2.38. The maximum Gasteiger partial charge on any atom is 0.449 e. The predicted molar refractivity (Wildman–Crippen MR) is 65.6 cm³/mol. The molecule has 0 amide bonds. The zero-order valence-corrected chi connectivity index (χ0v) is 10.3. The Balaban J connectivity index is 2.68. The third kappa shape index (κ3) is 2.51. The molecule has 0 aliphatic carbocycles. The molecule has 1 heterocycles. The first-order chi connectivity index (χ1) is 8.84. The summed E-state index contributed by atoms with van der Waals surface area (Å²) in [6.45, 7) is 1.43. The lowest BCUT2D eigenvalue weighted by atomic mass is 10.2. The van der Waals surface area contributed by atoms with E-state index >= 15 is 0 Å². The van der Waals surface area contributed by atoms with Gasteiger partial charge in [0.25, 0.3) is 0 Å². The van der Waals surface area contributed by atoms with Crippen LogP contribution in [0.25, 0.3) is 11.0 Å². The highest BCUT2D eigenvalue weighted by molar-refractivity contribution is 5.80. The van der Waals surface area contributed by atoms with Gasteiger partial charge >= 0.3 is 6.18 Å². The van der Waals surface area contributed by atoms with E-state index < -0.39 is 18.0 Å². The van der Waals surface area contributed by atoms with Gasteiger partial charge in [-0.1, -0.05) is 0 Å². The van der Waals surface area contributed by atoms with Crippen molar-refractivity contribution < 1.29 is 18.3 Å². The van der Waals surface area contributed by atoms with E-state index in [1.54, 1.807) is 6.92 Å². The highest BCUT2D eigenvalue weighted by Crippen LogP contribution is 2.34. The normalized spacial score (nSPS) is 13.9. The Kier molecular flexibility index (Phi) is 3.40. The van der Waals surface area contributed by atoms with Gasteiger partial charge in [-0.3, -0.25) is 0 Å². The summed E-state index contributed by atoms with van der Waals surface area (Å²) >= 11 is 0. The number of halogens is 3. The van der Waals surface area contributed by atoms with Crippen molar-refractivity contribution >= 4 is 16.7 Å². The molecule has 104 valence electrons. The molecule has 0 saturated heterocycles. The number of rotatable bonds is 3. The first-order valence-electron chi connectivity index (χ1n) is 5.80. The first-order valence-corrected chi connectivity index (χ1v) is 5.80. The molecule has 0 aliphatic heterocycles. The lowest BCUT2D eigenvalue weighted by Gasteiger charge is -2.17. The maximum atomic E-state index is 13.0. The van der Waals surface area contributed by atoms with E-state index in [0.29, 0.717) is 11.2 Å². The number of nitrogens with two attached hydrogens (primary N) is 1.